The summed E-state index contributed by atoms with van der Waals surface area (Å²) in [4.78, 5) is 34.3. The molecule has 1 N–H and O–H groups in total. The molecule has 8 heteroatoms. The quantitative estimate of drug-likeness (QED) is 0.441. The molecule has 0 aliphatic heterocycles. The van der Waals surface area contributed by atoms with Gasteiger partial charge in [-0.25, -0.2) is 4.79 Å². The zero-order valence-corrected chi connectivity index (χ0v) is 11.9. The second-order valence-electron chi connectivity index (χ2n) is 5.14. The highest BCUT2D eigenvalue weighted by Crippen LogP contribution is 2.18. The van der Waals surface area contributed by atoms with E-state index in [2.05, 4.69) is 11.9 Å². The Labute approximate surface area is 120 Å². The first-order valence-corrected chi connectivity index (χ1v) is 6.82. The molecular weight excluding hydrogens is 276 g/mol. The number of nitrogens with one attached hydrogen (secondary N) is 1. The Balaban J connectivity index is 2.29. The summed E-state index contributed by atoms with van der Waals surface area (Å²) in [6.45, 7) is 6.24. The number of hydrogen-bond acceptors (Lipinski definition) is 5. The van der Waals surface area contributed by atoms with E-state index in [-0.39, 0.29) is 13.1 Å². The first-order valence-electron chi connectivity index (χ1n) is 6.82. The molecule has 114 valence electrons. The number of hydrogen-bond donors (Lipinski definition) is 1. The second-order valence-corrected chi connectivity index (χ2v) is 5.14. The van der Waals surface area contributed by atoms with Crippen LogP contribution in [0.4, 0.5) is 5.69 Å². The van der Waals surface area contributed by atoms with Gasteiger partial charge in [-0.2, -0.15) is 0 Å². The zero-order valence-electron chi connectivity index (χ0n) is 11.9. The van der Waals surface area contributed by atoms with Crippen LogP contribution in [0.2, 0.25) is 0 Å². The Bertz CT molecular complexity index is 684. The predicted octanol–water partition coefficient (Wildman–Crippen LogP) is 0.246. The smallest absolute Gasteiger partial charge is 0.310 e. The average molecular weight is 294 g/mol. The van der Waals surface area contributed by atoms with Crippen LogP contribution in [0.1, 0.15) is 19.8 Å². The lowest BCUT2D eigenvalue weighted by molar-refractivity contribution is -0.387. The summed E-state index contributed by atoms with van der Waals surface area (Å²) < 4.78 is 2.03. The van der Waals surface area contributed by atoms with Crippen molar-refractivity contribution in [2.24, 2.45) is 0 Å². The van der Waals surface area contributed by atoms with Gasteiger partial charge >= 0.3 is 16.9 Å². The van der Waals surface area contributed by atoms with Crippen molar-refractivity contribution in [2.45, 2.75) is 38.9 Å². The number of rotatable bonds is 7. The van der Waals surface area contributed by atoms with Crippen molar-refractivity contribution in [1.29, 1.82) is 0 Å². The molecule has 1 aromatic heterocycles. The lowest BCUT2D eigenvalue weighted by atomic mass is 10.3. The second kappa shape index (κ2) is 6.04. The van der Waals surface area contributed by atoms with E-state index in [0.717, 1.165) is 28.2 Å². The van der Waals surface area contributed by atoms with E-state index in [9.17, 15) is 19.7 Å². The standard InChI is InChI=1S/C13H18N4O4/c1-3-15-8-11(17(20)21)12(18)16(13(15)19)7-9(2)6-14-10-4-5-10/h8,10,14H,2-7H2,1H3. The van der Waals surface area contributed by atoms with E-state index in [0.29, 0.717) is 18.2 Å². The topological polar surface area (TPSA) is 99.2 Å². The molecule has 0 radical (unpaired) electrons. The highest BCUT2D eigenvalue weighted by molar-refractivity contribution is 5.22. The molecule has 0 aromatic carbocycles. The minimum absolute atomic E-state index is 0.0148. The molecule has 0 atom stereocenters. The number of aryl methyl sites for hydroxylation is 1. The number of aromatic nitrogens is 2. The lowest BCUT2D eigenvalue weighted by Gasteiger charge is -2.11. The van der Waals surface area contributed by atoms with Crippen LogP contribution in [-0.4, -0.2) is 26.6 Å². The average Bonchev–Trinajstić information content (AvgIpc) is 3.25. The van der Waals surface area contributed by atoms with Crippen molar-refractivity contribution < 1.29 is 4.92 Å². The maximum Gasteiger partial charge on any atom is 0.350 e. The molecule has 0 bridgehead atoms. The van der Waals surface area contributed by atoms with Crippen LogP contribution in [0.25, 0.3) is 0 Å². The van der Waals surface area contributed by atoms with Gasteiger partial charge in [-0.1, -0.05) is 6.58 Å². The zero-order chi connectivity index (χ0) is 15.6. The van der Waals surface area contributed by atoms with Gasteiger partial charge < -0.3 is 5.32 Å². The third-order valence-corrected chi connectivity index (χ3v) is 3.36. The molecule has 1 fully saturated rings. The van der Waals surface area contributed by atoms with Crippen molar-refractivity contribution in [3.63, 3.8) is 0 Å². The molecule has 2 rings (SSSR count). The van der Waals surface area contributed by atoms with Crippen LogP contribution in [-0.2, 0) is 13.1 Å². The SMILES string of the molecule is C=C(CNC1CC1)Cn1c(=O)c([N+](=O)[O-])cn(CC)c1=O. The molecule has 1 aliphatic carbocycles. The summed E-state index contributed by atoms with van der Waals surface area (Å²) in [6, 6.07) is 0.482. The molecule has 1 aromatic rings. The van der Waals surface area contributed by atoms with E-state index in [1.165, 1.54) is 0 Å². The first kappa shape index (κ1) is 15.2. The van der Waals surface area contributed by atoms with Crippen molar-refractivity contribution in [3.05, 3.63) is 49.3 Å². The molecule has 8 nitrogen and oxygen atoms in total. The van der Waals surface area contributed by atoms with Crippen molar-refractivity contribution in [3.8, 4) is 0 Å². The maximum absolute atomic E-state index is 12.1. The summed E-state index contributed by atoms with van der Waals surface area (Å²) >= 11 is 0. The molecule has 1 aliphatic rings. The number of nitro groups is 1. The van der Waals surface area contributed by atoms with Crippen LogP contribution < -0.4 is 16.6 Å². The van der Waals surface area contributed by atoms with Gasteiger partial charge in [0.15, 0.2) is 0 Å². The Hall–Kier alpha value is -2.22. The van der Waals surface area contributed by atoms with Crippen LogP contribution in [0.15, 0.2) is 27.9 Å². The van der Waals surface area contributed by atoms with E-state index in [4.69, 9.17) is 0 Å². The van der Waals surface area contributed by atoms with E-state index >= 15 is 0 Å². The predicted molar refractivity (Wildman–Crippen MR) is 77.5 cm³/mol. The fraction of sp³-hybridized carbons (Fsp3) is 0.538. The van der Waals surface area contributed by atoms with Gasteiger partial charge in [-0.15, -0.1) is 0 Å². The van der Waals surface area contributed by atoms with Gasteiger partial charge in [0.2, 0.25) is 0 Å². The molecule has 0 spiro atoms. The minimum Gasteiger partial charge on any atom is -0.310 e. The summed E-state index contributed by atoms with van der Waals surface area (Å²) in [6.07, 6.45) is 3.23. The van der Waals surface area contributed by atoms with Crippen molar-refractivity contribution in [2.75, 3.05) is 6.54 Å². The normalized spacial score (nSPS) is 14.1. The molecule has 0 amide bonds. The van der Waals surface area contributed by atoms with Crippen LogP contribution in [0, 0.1) is 10.1 Å². The third kappa shape index (κ3) is 3.46. The Kier molecular flexibility index (Phi) is 4.37. The fourth-order valence-electron chi connectivity index (χ4n) is 1.99. The van der Waals surface area contributed by atoms with Gasteiger partial charge in [0.1, 0.15) is 0 Å². The van der Waals surface area contributed by atoms with Gasteiger partial charge in [-0.3, -0.25) is 24.0 Å². The summed E-state index contributed by atoms with van der Waals surface area (Å²) in [7, 11) is 0. The molecule has 1 saturated carbocycles. The largest absolute Gasteiger partial charge is 0.350 e. The first-order chi connectivity index (χ1) is 9.93. The van der Waals surface area contributed by atoms with E-state index < -0.39 is 21.9 Å². The van der Waals surface area contributed by atoms with Gasteiger partial charge in [0, 0.05) is 19.1 Å². The Morgan fingerprint density at radius 2 is 2.19 bits per heavy atom. The van der Waals surface area contributed by atoms with Crippen LogP contribution in [0.5, 0.6) is 0 Å². The molecular formula is C13H18N4O4. The van der Waals surface area contributed by atoms with Crippen LogP contribution >= 0.6 is 0 Å². The number of nitrogens with zero attached hydrogens (tertiary/aromatic N) is 3. The molecule has 1 heterocycles. The lowest BCUT2D eigenvalue weighted by Crippen LogP contribution is -2.41. The van der Waals surface area contributed by atoms with Crippen LogP contribution in [0.3, 0.4) is 0 Å². The molecule has 0 unspecified atom stereocenters. The summed E-state index contributed by atoms with van der Waals surface area (Å²) in [5.74, 6) is 0. The minimum atomic E-state index is -0.887. The maximum atomic E-state index is 12.1. The monoisotopic (exact) mass is 294 g/mol. The van der Waals surface area contributed by atoms with E-state index in [1.807, 2.05) is 0 Å². The summed E-state index contributed by atoms with van der Waals surface area (Å²) in [5.41, 5.74) is -1.40. The Morgan fingerprint density at radius 1 is 1.52 bits per heavy atom. The van der Waals surface area contributed by atoms with Gasteiger partial charge in [0.05, 0.1) is 17.7 Å². The highest BCUT2D eigenvalue weighted by atomic mass is 16.6. The van der Waals surface area contributed by atoms with Gasteiger partial charge in [-0.05, 0) is 25.3 Å². The Morgan fingerprint density at radius 3 is 2.71 bits per heavy atom. The van der Waals surface area contributed by atoms with Crippen molar-refractivity contribution in [1.82, 2.24) is 14.5 Å². The van der Waals surface area contributed by atoms with E-state index in [1.54, 1.807) is 6.92 Å². The summed E-state index contributed by atoms with van der Waals surface area (Å²) in [5, 5.41) is 14.1. The molecule has 21 heavy (non-hydrogen) atoms. The fourth-order valence-corrected chi connectivity index (χ4v) is 1.99. The van der Waals surface area contributed by atoms with Gasteiger partial charge in [0.25, 0.3) is 0 Å². The van der Waals surface area contributed by atoms with Crippen molar-refractivity contribution >= 4 is 5.69 Å². The highest BCUT2D eigenvalue weighted by Gasteiger charge is 2.22. The third-order valence-electron chi connectivity index (χ3n) is 3.36. The molecule has 0 saturated heterocycles.